The van der Waals surface area contributed by atoms with Crippen LogP contribution in [0.4, 0.5) is 5.69 Å². The summed E-state index contributed by atoms with van der Waals surface area (Å²) in [5.41, 5.74) is 18.5. The first-order valence-electron chi connectivity index (χ1n) is 14.1. The molecule has 0 unspecified atom stereocenters. The maximum Gasteiger partial charge on any atom is 0.146 e. The van der Waals surface area contributed by atoms with Crippen molar-refractivity contribution in [1.29, 1.82) is 0 Å². The third kappa shape index (κ3) is 3.50. The molecule has 0 spiro atoms. The fourth-order valence-corrected chi connectivity index (χ4v) is 6.54. The summed E-state index contributed by atoms with van der Waals surface area (Å²) >= 11 is 0. The van der Waals surface area contributed by atoms with E-state index in [1.165, 1.54) is 27.6 Å². The zero-order valence-corrected chi connectivity index (χ0v) is 23.0. The molecule has 0 amide bonds. The summed E-state index contributed by atoms with van der Waals surface area (Å²) in [6.45, 7) is 4.24. The first-order valence-corrected chi connectivity index (χ1v) is 14.1. The normalized spacial score (nSPS) is 11.9. The Morgan fingerprint density at radius 1 is 0.643 bits per heavy atom. The van der Waals surface area contributed by atoms with Gasteiger partial charge in [-0.3, -0.25) is 4.57 Å². The molecule has 0 saturated heterocycles. The third-order valence-electron chi connectivity index (χ3n) is 8.38. The Labute approximate surface area is 244 Å². The van der Waals surface area contributed by atoms with Gasteiger partial charge in [0.15, 0.2) is 0 Å². The van der Waals surface area contributed by atoms with E-state index in [0.717, 1.165) is 55.7 Å². The van der Waals surface area contributed by atoms with Crippen LogP contribution in [-0.2, 0) is 0 Å². The second-order valence-electron chi connectivity index (χ2n) is 10.6. The average molecular weight is 538 g/mol. The van der Waals surface area contributed by atoms with Gasteiger partial charge in [-0.25, -0.2) is 4.98 Å². The zero-order chi connectivity index (χ0) is 28.2. The molecule has 198 valence electrons. The van der Waals surface area contributed by atoms with Crippen LogP contribution < -0.4 is 5.73 Å². The number of para-hydroxylation sites is 2. The van der Waals surface area contributed by atoms with Crippen molar-refractivity contribution >= 4 is 45.6 Å². The summed E-state index contributed by atoms with van der Waals surface area (Å²) < 4.78 is 2.30. The monoisotopic (exact) mass is 537 g/mol. The van der Waals surface area contributed by atoms with Crippen molar-refractivity contribution in [1.82, 2.24) is 9.55 Å². The fourth-order valence-electron chi connectivity index (χ4n) is 6.54. The smallest absolute Gasteiger partial charge is 0.146 e. The van der Waals surface area contributed by atoms with E-state index in [0.29, 0.717) is 0 Å². The lowest BCUT2D eigenvalue weighted by Gasteiger charge is -2.14. The van der Waals surface area contributed by atoms with Crippen LogP contribution in [0.5, 0.6) is 0 Å². The summed E-state index contributed by atoms with van der Waals surface area (Å²) in [4.78, 5) is 5.15. The van der Waals surface area contributed by atoms with Crippen LogP contribution in [0.25, 0.3) is 79.1 Å². The number of rotatable bonds is 5. The van der Waals surface area contributed by atoms with Crippen molar-refractivity contribution in [2.24, 2.45) is 0 Å². The summed E-state index contributed by atoms with van der Waals surface area (Å²) in [5, 5.41) is 3.54. The van der Waals surface area contributed by atoms with Gasteiger partial charge < -0.3 is 5.73 Å². The van der Waals surface area contributed by atoms with Gasteiger partial charge in [0.2, 0.25) is 0 Å². The molecule has 0 aliphatic heterocycles. The molecule has 5 aromatic carbocycles. The highest BCUT2D eigenvalue weighted by Crippen LogP contribution is 2.50. The molecule has 0 saturated carbocycles. The molecular formula is C39H27N3. The van der Waals surface area contributed by atoms with Gasteiger partial charge in [-0.1, -0.05) is 122 Å². The van der Waals surface area contributed by atoms with E-state index < -0.39 is 0 Å². The Morgan fingerprint density at radius 2 is 1.33 bits per heavy atom. The summed E-state index contributed by atoms with van der Waals surface area (Å²) in [6, 6.07) is 40.1. The Bertz CT molecular complexity index is 2230. The van der Waals surface area contributed by atoms with Crippen molar-refractivity contribution in [3.63, 3.8) is 0 Å². The largest absolute Gasteiger partial charge is 0.398 e. The molecule has 2 heterocycles. The van der Waals surface area contributed by atoms with Crippen LogP contribution in [0.2, 0.25) is 0 Å². The third-order valence-corrected chi connectivity index (χ3v) is 8.38. The molecule has 3 heteroatoms. The number of aromatic nitrogens is 2. The van der Waals surface area contributed by atoms with Crippen molar-refractivity contribution < 1.29 is 0 Å². The number of hydrogen-bond donors (Lipinski definition) is 1. The molecular weight excluding hydrogens is 510 g/mol. The Balaban J connectivity index is 1.41. The molecule has 42 heavy (non-hydrogen) atoms. The number of anilines is 1. The maximum absolute atomic E-state index is 6.40. The fraction of sp³-hybridized carbons (Fsp3) is 0. The number of hydrogen-bond acceptors (Lipinski definition) is 2. The molecule has 0 atom stereocenters. The van der Waals surface area contributed by atoms with E-state index in [1.807, 2.05) is 30.5 Å². The van der Waals surface area contributed by atoms with Gasteiger partial charge >= 0.3 is 0 Å². The van der Waals surface area contributed by atoms with Crippen LogP contribution >= 0.6 is 0 Å². The lowest BCUT2D eigenvalue weighted by molar-refractivity contribution is 1.04. The van der Waals surface area contributed by atoms with Crippen molar-refractivity contribution in [2.75, 3.05) is 5.73 Å². The molecule has 0 radical (unpaired) electrons. The van der Waals surface area contributed by atoms with Crippen LogP contribution in [0.1, 0.15) is 16.8 Å². The Kier molecular flexibility index (Phi) is 5.44. The first kappa shape index (κ1) is 24.2. The SMILES string of the molecule is C=Cc1c(/C=C\c2ccccc2-c2ccccc2N)n(-c2ncc3cccc4c3c2-c2ccccc2-4)c2ccccc12. The minimum absolute atomic E-state index is 0.761. The Morgan fingerprint density at radius 3 is 2.17 bits per heavy atom. The second kappa shape index (κ2) is 9.46. The highest BCUT2D eigenvalue weighted by Gasteiger charge is 2.27. The molecule has 0 bridgehead atoms. The molecule has 2 N–H and O–H groups in total. The molecule has 0 fully saturated rings. The number of nitrogen functional groups attached to an aromatic ring is 1. The predicted molar refractivity (Wildman–Crippen MR) is 178 cm³/mol. The van der Waals surface area contributed by atoms with Gasteiger partial charge in [-0.15, -0.1) is 0 Å². The van der Waals surface area contributed by atoms with Gasteiger partial charge in [0.25, 0.3) is 0 Å². The van der Waals surface area contributed by atoms with Gasteiger partial charge in [0.05, 0.1) is 11.2 Å². The number of benzene rings is 5. The van der Waals surface area contributed by atoms with Crippen molar-refractivity contribution in [3.05, 3.63) is 145 Å². The van der Waals surface area contributed by atoms with E-state index in [1.54, 1.807) is 0 Å². The van der Waals surface area contributed by atoms with Crippen LogP contribution in [-0.4, -0.2) is 9.55 Å². The number of pyridine rings is 1. The summed E-state index contributed by atoms with van der Waals surface area (Å²) in [5.74, 6) is 0.921. The average Bonchev–Trinajstić information content (AvgIpc) is 3.55. The maximum atomic E-state index is 6.40. The van der Waals surface area contributed by atoms with Gasteiger partial charge in [0, 0.05) is 44.7 Å². The predicted octanol–water partition coefficient (Wildman–Crippen LogP) is 9.89. The van der Waals surface area contributed by atoms with E-state index >= 15 is 0 Å². The quantitative estimate of drug-likeness (QED) is 0.222. The van der Waals surface area contributed by atoms with Gasteiger partial charge in [-0.2, -0.15) is 0 Å². The summed E-state index contributed by atoms with van der Waals surface area (Å²) in [7, 11) is 0. The van der Waals surface area contributed by atoms with E-state index in [9.17, 15) is 0 Å². The molecule has 1 aliphatic rings. The molecule has 2 aromatic heterocycles. The standard InChI is InChI=1S/C39H27N3/c1-2-27-31-17-8-10-21-35(31)42(36(27)23-22-25-12-3-4-14-28(25)30-16-7-9-20-34(30)40)39-38-33-18-6-5-15-29(33)32-19-11-13-26(24-41-39)37(32)38/h2-24H,1,40H2/b23-22-. The van der Waals surface area contributed by atoms with Crippen LogP contribution in [0.3, 0.4) is 0 Å². The summed E-state index contributed by atoms with van der Waals surface area (Å²) in [6.07, 6.45) is 8.34. The minimum atomic E-state index is 0.761. The van der Waals surface area contributed by atoms with Gasteiger partial charge in [-0.05, 0) is 46.0 Å². The minimum Gasteiger partial charge on any atom is -0.398 e. The highest BCUT2D eigenvalue weighted by atomic mass is 15.1. The van der Waals surface area contributed by atoms with E-state index in [2.05, 4.69) is 120 Å². The topological polar surface area (TPSA) is 43.8 Å². The first-order chi connectivity index (χ1) is 20.7. The molecule has 8 rings (SSSR count). The number of nitrogens with two attached hydrogens (primary N) is 1. The lowest BCUT2D eigenvalue weighted by Crippen LogP contribution is -2.02. The number of nitrogens with zero attached hydrogens (tertiary/aromatic N) is 2. The van der Waals surface area contributed by atoms with Crippen LogP contribution in [0, 0.1) is 0 Å². The van der Waals surface area contributed by atoms with Crippen LogP contribution in [0.15, 0.2) is 128 Å². The van der Waals surface area contributed by atoms with Crippen molar-refractivity contribution in [3.8, 4) is 39.2 Å². The second-order valence-corrected chi connectivity index (χ2v) is 10.6. The zero-order valence-electron chi connectivity index (χ0n) is 23.0. The highest BCUT2D eigenvalue weighted by molar-refractivity contribution is 6.17. The van der Waals surface area contributed by atoms with E-state index in [-0.39, 0.29) is 0 Å². The van der Waals surface area contributed by atoms with Crippen molar-refractivity contribution in [2.45, 2.75) is 0 Å². The van der Waals surface area contributed by atoms with Gasteiger partial charge in [0.1, 0.15) is 5.82 Å². The molecule has 1 aliphatic carbocycles. The lowest BCUT2D eigenvalue weighted by atomic mass is 9.97. The molecule has 7 aromatic rings. The number of fused-ring (bicyclic) bond motifs is 4. The molecule has 3 nitrogen and oxygen atoms in total. The van der Waals surface area contributed by atoms with E-state index in [4.69, 9.17) is 10.7 Å². The Hall–Kier alpha value is -5.67.